The quantitative estimate of drug-likeness (QED) is 0.365. The Kier molecular flexibility index (Phi) is 11.3. The fraction of sp³-hybridized carbons (Fsp3) is 0.367. The van der Waals surface area contributed by atoms with Gasteiger partial charge in [0.25, 0.3) is 5.91 Å². The van der Waals surface area contributed by atoms with Gasteiger partial charge in [-0.3, -0.25) is 4.79 Å². The maximum absolute atomic E-state index is 13.4. The summed E-state index contributed by atoms with van der Waals surface area (Å²) in [5.74, 6) is 1.37. The Balaban J connectivity index is 0.00000115. The van der Waals surface area contributed by atoms with Crippen LogP contribution in [-0.4, -0.2) is 43.5 Å². The lowest BCUT2D eigenvalue weighted by Crippen LogP contribution is -2.32. The van der Waals surface area contributed by atoms with Crippen LogP contribution in [0, 0.1) is 0 Å². The van der Waals surface area contributed by atoms with E-state index in [-0.39, 0.29) is 12.5 Å². The van der Waals surface area contributed by atoms with E-state index in [2.05, 4.69) is 0 Å². The van der Waals surface area contributed by atoms with Gasteiger partial charge < -0.3 is 24.2 Å². The highest BCUT2D eigenvalue weighted by Crippen LogP contribution is 2.35. The molecule has 3 aromatic rings. The van der Waals surface area contributed by atoms with Crippen LogP contribution in [0.2, 0.25) is 5.02 Å². The van der Waals surface area contributed by atoms with Crippen molar-refractivity contribution in [1.82, 2.24) is 0 Å². The average molecular weight is 528 g/mol. The van der Waals surface area contributed by atoms with Crippen LogP contribution in [0.25, 0.3) is 11.1 Å². The number of rotatable bonds is 6. The van der Waals surface area contributed by atoms with E-state index in [0.717, 1.165) is 11.1 Å². The maximum atomic E-state index is 13.4. The molecule has 3 aromatic carbocycles. The number of halogens is 1. The van der Waals surface area contributed by atoms with Gasteiger partial charge in [0.1, 0.15) is 19.0 Å². The zero-order valence-corrected chi connectivity index (χ0v) is 23.6. The molecule has 0 aromatic heterocycles. The standard InChI is InChI=1S/C26H26ClNO5.2C2H6/c1-26(2,30)16-33-22-11-9-20(15-24(22)31-3)28-12-13-32-23-14-18(6-10-21(23)25(28)29)17-4-7-19(27)8-5-17;2*1-2/h4-11,14-15,30H,12-13,16H2,1-3H3;2*1-2H3. The van der Waals surface area contributed by atoms with Crippen LogP contribution < -0.4 is 19.1 Å². The van der Waals surface area contributed by atoms with Crippen LogP contribution in [0.4, 0.5) is 5.69 Å². The molecule has 0 spiro atoms. The molecule has 0 atom stereocenters. The summed E-state index contributed by atoms with van der Waals surface area (Å²) in [6, 6.07) is 18.4. The number of benzene rings is 3. The van der Waals surface area contributed by atoms with Crippen LogP contribution in [0.3, 0.4) is 0 Å². The van der Waals surface area contributed by atoms with Gasteiger partial charge in [-0.2, -0.15) is 0 Å². The first-order chi connectivity index (χ1) is 17.7. The fourth-order valence-corrected chi connectivity index (χ4v) is 3.70. The van der Waals surface area contributed by atoms with Gasteiger partial charge in [-0.15, -0.1) is 0 Å². The average Bonchev–Trinajstić information content (AvgIpc) is 3.08. The van der Waals surface area contributed by atoms with Crippen molar-refractivity contribution < 1.29 is 24.1 Å². The van der Waals surface area contributed by atoms with E-state index in [1.54, 1.807) is 43.0 Å². The summed E-state index contributed by atoms with van der Waals surface area (Å²) in [5.41, 5.74) is 2.13. The third kappa shape index (κ3) is 7.88. The summed E-state index contributed by atoms with van der Waals surface area (Å²) in [6.07, 6.45) is 0. The summed E-state index contributed by atoms with van der Waals surface area (Å²) in [7, 11) is 1.54. The maximum Gasteiger partial charge on any atom is 0.262 e. The van der Waals surface area contributed by atoms with Crippen molar-refractivity contribution in [3.63, 3.8) is 0 Å². The molecule has 0 radical (unpaired) electrons. The molecule has 1 heterocycles. The number of aliphatic hydroxyl groups is 1. The number of amides is 1. The van der Waals surface area contributed by atoms with Crippen molar-refractivity contribution in [1.29, 1.82) is 0 Å². The first kappa shape index (κ1) is 30.0. The molecule has 4 rings (SSSR count). The number of anilines is 1. The van der Waals surface area contributed by atoms with Crippen molar-refractivity contribution in [3.8, 4) is 28.4 Å². The van der Waals surface area contributed by atoms with Gasteiger partial charge in [-0.1, -0.05) is 57.5 Å². The molecule has 7 heteroatoms. The minimum Gasteiger partial charge on any atom is -0.493 e. The van der Waals surface area contributed by atoms with Gasteiger partial charge >= 0.3 is 0 Å². The van der Waals surface area contributed by atoms with Gasteiger partial charge in [0.05, 0.1) is 24.8 Å². The van der Waals surface area contributed by atoms with Gasteiger partial charge in [-0.25, -0.2) is 0 Å². The second kappa shape index (κ2) is 13.9. The lowest BCUT2D eigenvalue weighted by Gasteiger charge is -2.23. The predicted octanol–water partition coefficient (Wildman–Crippen LogP) is 7.26. The van der Waals surface area contributed by atoms with E-state index in [4.69, 9.17) is 25.8 Å². The van der Waals surface area contributed by atoms with Crippen molar-refractivity contribution in [2.45, 2.75) is 47.1 Å². The topological polar surface area (TPSA) is 68.2 Å². The monoisotopic (exact) mass is 527 g/mol. The Bertz CT molecular complexity index is 1160. The predicted molar refractivity (Wildman–Crippen MR) is 152 cm³/mol. The van der Waals surface area contributed by atoms with E-state index >= 15 is 0 Å². The highest BCUT2D eigenvalue weighted by atomic mass is 35.5. The highest BCUT2D eigenvalue weighted by Gasteiger charge is 2.26. The SMILES string of the molecule is CC.CC.COc1cc(N2CCOc3cc(-c4ccc(Cl)cc4)ccc3C2=O)ccc1OCC(C)(C)O. The molecule has 0 saturated carbocycles. The number of nitrogens with zero attached hydrogens (tertiary/aromatic N) is 1. The van der Waals surface area contributed by atoms with Crippen LogP contribution in [0.5, 0.6) is 17.2 Å². The zero-order chi connectivity index (χ0) is 27.6. The van der Waals surface area contributed by atoms with Gasteiger partial charge in [-0.05, 0) is 61.4 Å². The Hall–Kier alpha value is -3.22. The molecule has 0 aliphatic carbocycles. The molecular formula is C30H38ClNO5. The zero-order valence-electron chi connectivity index (χ0n) is 22.8. The lowest BCUT2D eigenvalue weighted by atomic mass is 10.0. The van der Waals surface area contributed by atoms with Crippen molar-refractivity contribution >= 4 is 23.2 Å². The Morgan fingerprint density at radius 1 is 0.946 bits per heavy atom. The highest BCUT2D eigenvalue weighted by molar-refractivity contribution is 6.30. The smallest absolute Gasteiger partial charge is 0.262 e. The van der Waals surface area contributed by atoms with E-state index < -0.39 is 5.60 Å². The third-order valence-corrected chi connectivity index (χ3v) is 5.50. The van der Waals surface area contributed by atoms with Gasteiger partial charge in [0, 0.05) is 16.8 Å². The molecule has 1 aliphatic heterocycles. The number of hydrogen-bond acceptors (Lipinski definition) is 5. The number of fused-ring (bicyclic) bond motifs is 1. The second-order valence-electron chi connectivity index (χ2n) is 8.46. The second-order valence-corrected chi connectivity index (χ2v) is 8.90. The fourth-order valence-electron chi connectivity index (χ4n) is 3.58. The number of carbonyl (C=O) groups is 1. The number of ether oxygens (including phenoxy) is 3. The number of hydrogen-bond donors (Lipinski definition) is 1. The largest absolute Gasteiger partial charge is 0.493 e. The third-order valence-electron chi connectivity index (χ3n) is 5.25. The molecule has 200 valence electrons. The van der Waals surface area contributed by atoms with Crippen LogP contribution in [0.15, 0.2) is 60.7 Å². The van der Waals surface area contributed by atoms with E-state index in [1.807, 2.05) is 64.1 Å². The summed E-state index contributed by atoms with van der Waals surface area (Å²) < 4.78 is 17.1. The van der Waals surface area contributed by atoms with Crippen LogP contribution in [-0.2, 0) is 0 Å². The first-order valence-electron chi connectivity index (χ1n) is 12.6. The molecular weight excluding hydrogens is 490 g/mol. The molecule has 37 heavy (non-hydrogen) atoms. The van der Waals surface area contributed by atoms with E-state index in [1.165, 1.54) is 7.11 Å². The molecule has 1 aliphatic rings. The summed E-state index contributed by atoms with van der Waals surface area (Å²) in [4.78, 5) is 15.1. The van der Waals surface area contributed by atoms with Crippen molar-refractivity contribution in [2.24, 2.45) is 0 Å². The molecule has 0 unspecified atom stereocenters. The number of carbonyl (C=O) groups excluding carboxylic acids is 1. The molecule has 1 amide bonds. The minimum atomic E-state index is -0.976. The number of methoxy groups -OCH3 is 1. The van der Waals surface area contributed by atoms with Crippen molar-refractivity contribution in [3.05, 3.63) is 71.2 Å². The summed E-state index contributed by atoms with van der Waals surface area (Å²) in [6.45, 7) is 12.2. The molecule has 6 nitrogen and oxygen atoms in total. The Morgan fingerprint density at radius 3 is 2.22 bits per heavy atom. The molecule has 1 N–H and O–H groups in total. The Labute approximate surface area is 225 Å². The molecule has 0 fully saturated rings. The van der Waals surface area contributed by atoms with Gasteiger partial charge in [0.15, 0.2) is 11.5 Å². The molecule has 0 saturated heterocycles. The minimum absolute atomic E-state index is 0.114. The van der Waals surface area contributed by atoms with Crippen molar-refractivity contribution in [2.75, 3.05) is 31.8 Å². The lowest BCUT2D eigenvalue weighted by molar-refractivity contribution is 0.0276. The summed E-state index contributed by atoms with van der Waals surface area (Å²) >= 11 is 6.00. The van der Waals surface area contributed by atoms with Gasteiger partial charge in [0.2, 0.25) is 0 Å². The molecule has 0 bridgehead atoms. The van der Waals surface area contributed by atoms with E-state index in [0.29, 0.717) is 46.7 Å². The Morgan fingerprint density at radius 2 is 1.59 bits per heavy atom. The van der Waals surface area contributed by atoms with Crippen LogP contribution in [0.1, 0.15) is 51.9 Å². The normalized spacial score (nSPS) is 12.6. The van der Waals surface area contributed by atoms with Crippen LogP contribution >= 0.6 is 11.6 Å². The first-order valence-corrected chi connectivity index (χ1v) is 13.0. The van der Waals surface area contributed by atoms with E-state index in [9.17, 15) is 9.90 Å². The summed E-state index contributed by atoms with van der Waals surface area (Å²) in [5, 5.41) is 10.6.